The summed E-state index contributed by atoms with van der Waals surface area (Å²) in [7, 11) is 0. The van der Waals surface area contributed by atoms with Crippen LogP contribution >= 0.6 is 12.4 Å². The van der Waals surface area contributed by atoms with E-state index >= 15 is 0 Å². The van der Waals surface area contributed by atoms with Gasteiger partial charge < -0.3 is 5.73 Å². The van der Waals surface area contributed by atoms with Crippen molar-refractivity contribution in [3.8, 4) is 6.07 Å². The Kier molecular flexibility index (Phi) is 3.60. The molecule has 1 aliphatic rings. The lowest BCUT2D eigenvalue weighted by Gasteiger charge is -2.00. The van der Waals surface area contributed by atoms with Crippen molar-refractivity contribution in [1.29, 1.82) is 5.26 Å². The third-order valence-electron chi connectivity index (χ3n) is 1.55. The van der Waals surface area contributed by atoms with Gasteiger partial charge in [-0.3, -0.25) is 0 Å². The van der Waals surface area contributed by atoms with Crippen molar-refractivity contribution < 1.29 is 0 Å². The molecule has 1 rings (SSSR count). The van der Waals surface area contributed by atoms with E-state index in [9.17, 15) is 0 Å². The van der Waals surface area contributed by atoms with Gasteiger partial charge in [0, 0.05) is 6.04 Å². The molecule has 0 radical (unpaired) electrons. The average molecular weight is 147 g/mol. The van der Waals surface area contributed by atoms with E-state index < -0.39 is 0 Å². The van der Waals surface area contributed by atoms with Crippen molar-refractivity contribution in [2.24, 2.45) is 11.7 Å². The van der Waals surface area contributed by atoms with Crippen molar-refractivity contribution in [1.82, 2.24) is 0 Å². The van der Waals surface area contributed by atoms with Crippen molar-refractivity contribution in [2.45, 2.75) is 25.3 Å². The van der Waals surface area contributed by atoms with Gasteiger partial charge in [-0.2, -0.15) is 5.26 Å². The minimum Gasteiger partial charge on any atom is -0.327 e. The predicted octanol–water partition coefficient (Wildman–Crippen LogP) is 1.06. The Morgan fingerprint density at radius 2 is 2.22 bits per heavy atom. The van der Waals surface area contributed by atoms with E-state index in [0.29, 0.717) is 12.3 Å². The molecule has 0 aliphatic heterocycles. The summed E-state index contributed by atoms with van der Waals surface area (Å²) < 4.78 is 0. The normalized spacial score (nSPS) is 19.6. The number of nitrogens with two attached hydrogens (primary N) is 1. The molecule has 0 bridgehead atoms. The van der Waals surface area contributed by atoms with Crippen LogP contribution in [0.2, 0.25) is 0 Å². The van der Waals surface area contributed by atoms with Gasteiger partial charge in [-0.15, -0.1) is 12.4 Å². The fourth-order valence-corrected chi connectivity index (χ4v) is 0.796. The maximum atomic E-state index is 8.18. The maximum Gasteiger partial charge on any atom is 0.0638 e. The van der Waals surface area contributed by atoms with Crippen molar-refractivity contribution in [3.63, 3.8) is 0 Å². The molecule has 52 valence electrons. The van der Waals surface area contributed by atoms with E-state index in [1.165, 1.54) is 12.8 Å². The molecule has 0 spiro atoms. The Morgan fingerprint density at radius 1 is 1.67 bits per heavy atom. The molecule has 0 saturated heterocycles. The summed E-state index contributed by atoms with van der Waals surface area (Å²) in [5.74, 6) is 0.676. The fourth-order valence-electron chi connectivity index (χ4n) is 0.796. The Bertz CT molecular complexity index is 115. The van der Waals surface area contributed by atoms with Crippen molar-refractivity contribution in [2.75, 3.05) is 0 Å². The number of hydrogen-bond donors (Lipinski definition) is 1. The molecule has 0 heterocycles. The van der Waals surface area contributed by atoms with Crippen LogP contribution in [-0.2, 0) is 0 Å². The zero-order chi connectivity index (χ0) is 5.98. The first-order valence-corrected chi connectivity index (χ1v) is 2.97. The first kappa shape index (κ1) is 8.74. The molecule has 0 aromatic heterocycles. The highest BCUT2D eigenvalue weighted by Gasteiger charge is 2.27. The molecule has 1 fully saturated rings. The lowest BCUT2D eigenvalue weighted by Crippen LogP contribution is -2.20. The summed E-state index contributed by atoms with van der Waals surface area (Å²) >= 11 is 0. The molecule has 1 atom stereocenters. The lowest BCUT2D eigenvalue weighted by molar-refractivity contribution is 0.607. The molecule has 1 saturated carbocycles. The van der Waals surface area contributed by atoms with E-state index in [1.54, 1.807) is 0 Å². The van der Waals surface area contributed by atoms with E-state index in [1.807, 2.05) is 0 Å². The Hall–Kier alpha value is -0.260. The monoisotopic (exact) mass is 146 g/mol. The quantitative estimate of drug-likeness (QED) is 0.634. The van der Waals surface area contributed by atoms with Crippen LogP contribution in [0.3, 0.4) is 0 Å². The molecule has 0 aromatic rings. The van der Waals surface area contributed by atoms with Crippen LogP contribution in [0.1, 0.15) is 19.3 Å². The SMILES string of the molecule is Cl.N#CCC(N)C1CC1. The van der Waals surface area contributed by atoms with Crippen LogP contribution in [0.15, 0.2) is 0 Å². The number of nitriles is 1. The second-order valence-electron chi connectivity index (χ2n) is 2.36. The zero-order valence-electron chi connectivity index (χ0n) is 5.21. The Morgan fingerprint density at radius 3 is 2.56 bits per heavy atom. The topological polar surface area (TPSA) is 49.8 Å². The summed E-state index contributed by atoms with van der Waals surface area (Å²) in [5, 5.41) is 8.18. The van der Waals surface area contributed by atoms with E-state index in [0.717, 1.165) is 0 Å². The van der Waals surface area contributed by atoms with Crippen LogP contribution < -0.4 is 5.73 Å². The van der Waals surface area contributed by atoms with Gasteiger partial charge in [0.15, 0.2) is 0 Å². The first-order chi connectivity index (χ1) is 3.84. The highest BCUT2D eigenvalue weighted by molar-refractivity contribution is 5.85. The molecule has 2 nitrogen and oxygen atoms in total. The van der Waals surface area contributed by atoms with Crippen LogP contribution in [-0.4, -0.2) is 6.04 Å². The number of rotatable bonds is 2. The standard InChI is InChI=1S/C6H10N2.ClH/c7-4-3-6(8)5-1-2-5;/h5-6H,1-3,8H2;1H. The molecule has 1 aliphatic carbocycles. The maximum absolute atomic E-state index is 8.18. The summed E-state index contributed by atoms with van der Waals surface area (Å²) in [6.07, 6.45) is 3.01. The second-order valence-corrected chi connectivity index (χ2v) is 2.36. The lowest BCUT2D eigenvalue weighted by atomic mass is 10.1. The highest BCUT2D eigenvalue weighted by atomic mass is 35.5. The largest absolute Gasteiger partial charge is 0.327 e. The van der Waals surface area contributed by atoms with Gasteiger partial charge in [-0.25, -0.2) is 0 Å². The molecular weight excluding hydrogens is 136 g/mol. The average Bonchev–Trinajstić information content (AvgIpc) is 2.45. The highest BCUT2D eigenvalue weighted by Crippen LogP contribution is 2.32. The van der Waals surface area contributed by atoms with Gasteiger partial charge >= 0.3 is 0 Å². The molecule has 2 N–H and O–H groups in total. The second kappa shape index (κ2) is 3.71. The van der Waals surface area contributed by atoms with Crippen LogP contribution in [0.5, 0.6) is 0 Å². The summed E-state index contributed by atoms with van der Waals surface area (Å²) in [5.41, 5.74) is 5.57. The van der Waals surface area contributed by atoms with Crippen molar-refractivity contribution >= 4 is 12.4 Å². The Labute approximate surface area is 61.4 Å². The van der Waals surface area contributed by atoms with Gasteiger partial charge in [0.1, 0.15) is 0 Å². The minimum absolute atomic E-state index is 0. The third-order valence-corrected chi connectivity index (χ3v) is 1.55. The first-order valence-electron chi connectivity index (χ1n) is 2.97. The molecule has 1 unspecified atom stereocenters. The van der Waals surface area contributed by atoms with Crippen LogP contribution in [0.25, 0.3) is 0 Å². The summed E-state index contributed by atoms with van der Waals surface area (Å²) in [4.78, 5) is 0. The van der Waals surface area contributed by atoms with Crippen LogP contribution in [0.4, 0.5) is 0 Å². The Balaban J connectivity index is 0.000000640. The van der Waals surface area contributed by atoms with E-state index in [4.69, 9.17) is 11.0 Å². The van der Waals surface area contributed by atoms with E-state index in [2.05, 4.69) is 6.07 Å². The van der Waals surface area contributed by atoms with Gasteiger partial charge in [-0.05, 0) is 18.8 Å². The van der Waals surface area contributed by atoms with Gasteiger partial charge in [0.2, 0.25) is 0 Å². The summed E-state index contributed by atoms with van der Waals surface area (Å²) in [6.45, 7) is 0. The molecular formula is C6H11ClN2. The van der Waals surface area contributed by atoms with E-state index in [-0.39, 0.29) is 18.4 Å². The number of nitrogens with zero attached hydrogens (tertiary/aromatic N) is 1. The van der Waals surface area contributed by atoms with Gasteiger partial charge in [-0.1, -0.05) is 0 Å². The molecule has 0 aromatic carbocycles. The fraction of sp³-hybridized carbons (Fsp3) is 0.833. The predicted molar refractivity (Wildman–Crippen MR) is 38.2 cm³/mol. The van der Waals surface area contributed by atoms with Crippen LogP contribution in [0, 0.1) is 17.2 Å². The van der Waals surface area contributed by atoms with Crippen molar-refractivity contribution in [3.05, 3.63) is 0 Å². The number of halogens is 1. The number of hydrogen-bond acceptors (Lipinski definition) is 2. The minimum atomic E-state index is 0. The molecule has 3 heteroatoms. The zero-order valence-corrected chi connectivity index (χ0v) is 6.03. The summed E-state index contributed by atoms with van der Waals surface area (Å²) in [6, 6.07) is 2.23. The van der Waals surface area contributed by atoms with Gasteiger partial charge in [0.25, 0.3) is 0 Å². The van der Waals surface area contributed by atoms with Gasteiger partial charge in [0.05, 0.1) is 12.5 Å². The molecule has 9 heavy (non-hydrogen) atoms. The third kappa shape index (κ3) is 2.69. The molecule has 0 amide bonds. The smallest absolute Gasteiger partial charge is 0.0638 e.